The van der Waals surface area contributed by atoms with E-state index < -0.39 is 6.04 Å². The summed E-state index contributed by atoms with van der Waals surface area (Å²) in [5.41, 5.74) is 6.47. The summed E-state index contributed by atoms with van der Waals surface area (Å²) in [6.07, 6.45) is 1.27. The van der Waals surface area contributed by atoms with Crippen molar-refractivity contribution in [2.45, 2.75) is 45.3 Å². The van der Waals surface area contributed by atoms with Gasteiger partial charge in [0.2, 0.25) is 11.8 Å². The smallest absolute Gasteiger partial charge is 0.249 e. The molecular weight excluding hydrogens is 458 g/mol. The first-order chi connectivity index (χ1) is 18.0. The Kier molecular flexibility index (Phi) is 7.06. The van der Waals surface area contributed by atoms with E-state index in [0.29, 0.717) is 19.4 Å². The Bertz CT molecular complexity index is 1450. The van der Waals surface area contributed by atoms with E-state index in [1.165, 1.54) is 0 Å². The number of benzene rings is 4. The topological polar surface area (TPSA) is 61.4 Å². The molecule has 5 heteroatoms. The highest BCUT2D eigenvalue weighted by Crippen LogP contribution is 2.35. The van der Waals surface area contributed by atoms with Gasteiger partial charge in [0.1, 0.15) is 6.04 Å². The number of rotatable bonds is 6. The standard InChI is InChI=1S/C32H33N3O2/c1-21-13-14-24-11-7-8-12-27(24)28(21)20-35-30-19-26(23-9-5-4-6-10-23)16-15-25(30)17-18-29(32(35)37)34-31(36)22(2)33-3/h4-16,19,22,29,33H,17-18,20H2,1-3H3,(H,34,36)/t22-,29-/m0/s1. The van der Waals surface area contributed by atoms with Gasteiger partial charge in [-0.1, -0.05) is 78.9 Å². The Hall–Kier alpha value is -3.96. The summed E-state index contributed by atoms with van der Waals surface area (Å²) in [6, 6.07) is 28.2. The van der Waals surface area contributed by atoms with E-state index in [0.717, 1.165) is 44.3 Å². The van der Waals surface area contributed by atoms with Gasteiger partial charge >= 0.3 is 0 Å². The van der Waals surface area contributed by atoms with Gasteiger partial charge in [0, 0.05) is 5.69 Å². The van der Waals surface area contributed by atoms with Crippen LogP contribution in [0.15, 0.2) is 84.9 Å². The second kappa shape index (κ2) is 10.6. The SMILES string of the molecule is CN[C@@H](C)C(=O)N[C@H]1CCc2ccc(-c3ccccc3)cc2N(Cc2c(C)ccc3ccccc23)C1=O. The van der Waals surface area contributed by atoms with Crippen molar-refractivity contribution in [3.8, 4) is 11.1 Å². The van der Waals surface area contributed by atoms with E-state index in [-0.39, 0.29) is 17.9 Å². The molecule has 2 N–H and O–H groups in total. The van der Waals surface area contributed by atoms with Gasteiger partial charge in [-0.3, -0.25) is 9.59 Å². The van der Waals surface area contributed by atoms with E-state index in [1.54, 1.807) is 14.0 Å². The predicted octanol–water partition coefficient (Wildman–Crippen LogP) is 5.39. The zero-order valence-corrected chi connectivity index (χ0v) is 21.6. The summed E-state index contributed by atoms with van der Waals surface area (Å²) in [4.78, 5) is 28.8. The number of likely N-dealkylation sites (N-methyl/N-ethyl adjacent to an activating group) is 1. The van der Waals surface area contributed by atoms with Gasteiger partial charge in [0.05, 0.1) is 12.6 Å². The number of aryl methyl sites for hydroxylation is 2. The van der Waals surface area contributed by atoms with E-state index >= 15 is 0 Å². The minimum atomic E-state index is -0.592. The van der Waals surface area contributed by atoms with Crippen LogP contribution >= 0.6 is 0 Å². The quantitative estimate of drug-likeness (QED) is 0.380. The predicted molar refractivity (Wildman–Crippen MR) is 151 cm³/mol. The Labute approximate surface area is 218 Å². The largest absolute Gasteiger partial charge is 0.343 e. The number of amides is 2. The second-order valence-electron chi connectivity index (χ2n) is 9.83. The van der Waals surface area contributed by atoms with Crippen LogP contribution in [0.5, 0.6) is 0 Å². The van der Waals surface area contributed by atoms with Gasteiger partial charge in [0.25, 0.3) is 0 Å². The lowest BCUT2D eigenvalue weighted by molar-refractivity contribution is -0.128. The average molecular weight is 492 g/mol. The van der Waals surface area contributed by atoms with Gasteiger partial charge in [-0.15, -0.1) is 0 Å². The van der Waals surface area contributed by atoms with Crippen LogP contribution in [-0.4, -0.2) is 30.9 Å². The molecule has 0 spiro atoms. The van der Waals surface area contributed by atoms with Crippen LogP contribution in [0.4, 0.5) is 5.69 Å². The molecule has 1 heterocycles. The maximum Gasteiger partial charge on any atom is 0.249 e. The molecule has 5 rings (SSSR count). The summed E-state index contributed by atoms with van der Waals surface area (Å²) in [7, 11) is 1.75. The van der Waals surface area contributed by atoms with Crippen molar-refractivity contribution in [3.05, 3.63) is 102 Å². The molecule has 2 atom stereocenters. The zero-order chi connectivity index (χ0) is 25.9. The third-order valence-electron chi connectivity index (χ3n) is 7.48. The minimum absolute atomic E-state index is 0.0760. The Balaban J connectivity index is 1.61. The molecule has 5 nitrogen and oxygen atoms in total. The first-order valence-corrected chi connectivity index (χ1v) is 12.9. The summed E-state index contributed by atoms with van der Waals surface area (Å²) in [5, 5.41) is 8.28. The van der Waals surface area contributed by atoms with Gasteiger partial charge < -0.3 is 15.5 Å². The molecule has 0 aromatic heterocycles. The summed E-state index contributed by atoms with van der Waals surface area (Å²) < 4.78 is 0. The van der Waals surface area contributed by atoms with Crippen LogP contribution in [-0.2, 0) is 22.6 Å². The molecule has 4 aromatic carbocycles. The first kappa shape index (κ1) is 24.7. The van der Waals surface area contributed by atoms with Crippen molar-refractivity contribution in [2.24, 2.45) is 0 Å². The molecule has 4 aromatic rings. The molecule has 188 valence electrons. The van der Waals surface area contributed by atoms with Gasteiger partial charge in [-0.2, -0.15) is 0 Å². The second-order valence-corrected chi connectivity index (χ2v) is 9.83. The number of hydrogen-bond donors (Lipinski definition) is 2. The van der Waals surface area contributed by atoms with E-state index in [9.17, 15) is 9.59 Å². The summed E-state index contributed by atoms with van der Waals surface area (Å²) in [6.45, 7) is 4.33. The van der Waals surface area contributed by atoms with Gasteiger partial charge in [-0.25, -0.2) is 0 Å². The third kappa shape index (κ3) is 5.00. The number of carbonyl (C=O) groups is 2. The molecule has 2 amide bonds. The zero-order valence-electron chi connectivity index (χ0n) is 21.6. The van der Waals surface area contributed by atoms with Crippen LogP contribution in [0.3, 0.4) is 0 Å². The lowest BCUT2D eigenvalue weighted by Crippen LogP contribution is -2.52. The Morgan fingerprint density at radius 1 is 0.973 bits per heavy atom. The van der Waals surface area contributed by atoms with Crippen molar-refractivity contribution < 1.29 is 9.59 Å². The molecule has 0 saturated heterocycles. The average Bonchev–Trinajstić information content (AvgIpc) is 3.06. The van der Waals surface area contributed by atoms with Crippen LogP contribution < -0.4 is 15.5 Å². The van der Waals surface area contributed by atoms with Crippen molar-refractivity contribution >= 4 is 28.3 Å². The number of nitrogens with zero attached hydrogens (tertiary/aromatic N) is 1. The van der Waals surface area contributed by atoms with Crippen LogP contribution in [0, 0.1) is 6.92 Å². The van der Waals surface area contributed by atoms with Crippen molar-refractivity contribution in [2.75, 3.05) is 11.9 Å². The molecule has 0 saturated carbocycles. The van der Waals surface area contributed by atoms with E-state index in [4.69, 9.17) is 0 Å². The molecule has 0 fully saturated rings. The molecule has 0 aliphatic carbocycles. The molecule has 37 heavy (non-hydrogen) atoms. The van der Waals surface area contributed by atoms with Crippen LogP contribution in [0.2, 0.25) is 0 Å². The number of fused-ring (bicyclic) bond motifs is 2. The number of anilines is 1. The Morgan fingerprint density at radius 3 is 2.51 bits per heavy atom. The number of carbonyl (C=O) groups excluding carboxylic acids is 2. The summed E-state index contributed by atoms with van der Waals surface area (Å²) in [5.74, 6) is -0.244. The molecule has 0 radical (unpaired) electrons. The van der Waals surface area contributed by atoms with E-state index in [1.807, 2.05) is 35.2 Å². The number of hydrogen-bond acceptors (Lipinski definition) is 3. The highest BCUT2D eigenvalue weighted by molar-refractivity contribution is 6.02. The minimum Gasteiger partial charge on any atom is -0.343 e. The molecule has 1 aliphatic heterocycles. The summed E-state index contributed by atoms with van der Waals surface area (Å²) >= 11 is 0. The van der Waals surface area contributed by atoms with Crippen molar-refractivity contribution in [1.82, 2.24) is 10.6 Å². The van der Waals surface area contributed by atoms with Crippen molar-refractivity contribution in [1.29, 1.82) is 0 Å². The molecule has 0 bridgehead atoms. The fourth-order valence-electron chi connectivity index (χ4n) is 5.10. The van der Waals surface area contributed by atoms with E-state index in [2.05, 4.69) is 72.2 Å². The molecule has 0 unspecified atom stereocenters. The van der Waals surface area contributed by atoms with Gasteiger partial charge in [-0.05, 0) is 78.4 Å². The highest BCUT2D eigenvalue weighted by atomic mass is 16.2. The number of nitrogens with one attached hydrogen (secondary N) is 2. The Morgan fingerprint density at radius 2 is 1.73 bits per heavy atom. The van der Waals surface area contributed by atoms with Crippen LogP contribution in [0.25, 0.3) is 21.9 Å². The lowest BCUT2D eigenvalue weighted by Gasteiger charge is -2.28. The monoisotopic (exact) mass is 491 g/mol. The maximum absolute atomic E-state index is 14.1. The third-order valence-corrected chi connectivity index (χ3v) is 7.48. The molecular formula is C32H33N3O2. The normalized spacial score (nSPS) is 16.2. The maximum atomic E-state index is 14.1. The highest BCUT2D eigenvalue weighted by Gasteiger charge is 2.33. The lowest BCUT2D eigenvalue weighted by atomic mass is 9.98. The fourth-order valence-corrected chi connectivity index (χ4v) is 5.10. The van der Waals surface area contributed by atoms with Gasteiger partial charge in [0.15, 0.2) is 0 Å². The first-order valence-electron chi connectivity index (χ1n) is 12.9. The fraction of sp³-hybridized carbons (Fsp3) is 0.250. The molecule has 1 aliphatic rings. The van der Waals surface area contributed by atoms with Crippen LogP contribution in [0.1, 0.15) is 30.0 Å². The van der Waals surface area contributed by atoms with Crippen molar-refractivity contribution in [3.63, 3.8) is 0 Å².